The van der Waals surface area contributed by atoms with Gasteiger partial charge in [-0.05, 0) is 55.4 Å². The van der Waals surface area contributed by atoms with Crippen molar-refractivity contribution in [3.8, 4) is 5.75 Å². The zero-order valence-corrected chi connectivity index (χ0v) is 13.2. The van der Waals surface area contributed by atoms with E-state index in [0.29, 0.717) is 23.7 Å². The molecule has 3 nitrogen and oxygen atoms in total. The van der Waals surface area contributed by atoms with Gasteiger partial charge in [-0.1, -0.05) is 0 Å². The summed E-state index contributed by atoms with van der Waals surface area (Å²) in [6.45, 7) is 1.25. The summed E-state index contributed by atoms with van der Waals surface area (Å²) in [7, 11) is 1.89. The van der Waals surface area contributed by atoms with Gasteiger partial charge in [0.2, 0.25) is 0 Å². The topological polar surface area (TPSA) is 26.7 Å². The van der Waals surface area contributed by atoms with Gasteiger partial charge in [0.1, 0.15) is 11.6 Å². The number of phenols is 1. The lowest BCUT2D eigenvalue weighted by atomic mass is 10.1. The number of phenolic OH excluding ortho intramolecular Hbond substituents is 1. The van der Waals surface area contributed by atoms with E-state index in [1.165, 1.54) is 36.2 Å². The molecule has 0 spiro atoms. The summed E-state index contributed by atoms with van der Waals surface area (Å²) in [5.74, 6) is -0.769. The van der Waals surface area contributed by atoms with Gasteiger partial charge >= 0.3 is 0 Å². The summed E-state index contributed by atoms with van der Waals surface area (Å²) in [4.78, 5) is 2.53. The first-order chi connectivity index (χ1) is 11.0. The van der Waals surface area contributed by atoms with Crippen LogP contribution in [0.2, 0.25) is 0 Å². The van der Waals surface area contributed by atoms with Crippen LogP contribution in [0.1, 0.15) is 12.0 Å². The molecule has 23 heavy (non-hydrogen) atoms. The normalized spacial score (nSPS) is 15.6. The molecule has 0 saturated heterocycles. The van der Waals surface area contributed by atoms with Crippen molar-refractivity contribution in [2.24, 2.45) is 0 Å². The molecule has 122 valence electrons. The highest BCUT2D eigenvalue weighted by atomic mass is 32.2. The number of fused-ring (bicyclic) bond motifs is 1. The van der Waals surface area contributed by atoms with E-state index in [2.05, 4.69) is 0 Å². The molecule has 2 aromatic carbocycles. The second kappa shape index (κ2) is 6.33. The Hall–Kier alpha value is -1.86. The van der Waals surface area contributed by atoms with Crippen molar-refractivity contribution in [2.75, 3.05) is 25.0 Å². The number of benzene rings is 2. The summed E-state index contributed by atoms with van der Waals surface area (Å²) in [6.07, 6.45) is -2.76. The molecular weight excluding hydrogens is 325 g/mol. The van der Waals surface area contributed by atoms with Gasteiger partial charge in [-0.25, -0.2) is 17.5 Å². The number of likely N-dealkylation sites (N-methyl/N-ethyl adjacent to an activating group) is 1. The van der Waals surface area contributed by atoms with Gasteiger partial charge in [0, 0.05) is 18.8 Å². The van der Waals surface area contributed by atoms with E-state index in [1.807, 2.05) is 16.3 Å². The molecule has 1 N–H and O–H groups in total. The highest BCUT2D eigenvalue weighted by Crippen LogP contribution is 2.43. The number of alkyl halides is 2. The number of hydrogen-bond acceptors (Lipinski definition) is 4. The van der Waals surface area contributed by atoms with Crippen LogP contribution >= 0.6 is 11.9 Å². The van der Waals surface area contributed by atoms with E-state index in [4.69, 9.17) is 0 Å². The zero-order valence-electron chi connectivity index (χ0n) is 12.3. The third-order valence-electron chi connectivity index (χ3n) is 3.67. The number of nitrogens with zero attached hydrogens (tertiary/aromatic N) is 2. The van der Waals surface area contributed by atoms with Crippen LogP contribution in [0.15, 0.2) is 41.3 Å². The molecule has 0 atom stereocenters. The Kier molecular flexibility index (Phi) is 4.41. The lowest BCUT2D eigenvalue weighted by Crippen LogP contribution is -2.24. The third kappa shape index (κ3) is 3.25. The van der Waals surface area contributed by atoms with Gasteiger partial charge < -0.3 is 10.0 Å². The number of halogens is 3. The second-order valence-electron chi connectivity index (χ2n) is 5.25. The van der Waals surface area contributed by atoms with Crippen LogP contribution in [0.25, 0.3) is 0 Å². The largest absolute Gasteiger partial charge is 0.507 e. The third-order valence-corrected chi connectivity index (χ3v) is 4.68. The smallest absolute Gasteiger partial charge is 0.267 e. The summed E-state index contributed by atoms with van der Waals surface area (Å²) >= 11 is 1.38. The summed E-state index contributed by atoms with van der Waals surface area (Å²) in [6, 6.07) is 8.58. The molecule has 0 unspecified atom stereocenters. The number of aromatic hydroxyl groups is 1. The quantitative estimate of drug-likeness (QED) is 0.811. The molecule has 1 aliphatic rings. The molecule has 0 aromatic heterocycles. The Morgan fingerprint density at radius 2 is 1.83 bits per heavy atom. The molecule has 7 heteroatoms. The molecule has 0 bridgehead atoms. The van der Waals surface area contributed by atoms with Gasteiger partial charge in [-0.15, -0.1) is 0 Å². The molecule has 2 aromatic rings. The molecule has 0 radical (unpaired) electrons. The maximum atomic E-state index is 13.2. The van der Waals surface area contributed by atoms with E-state index >= 15 is 0 Å². The second-order valence-corrected chi connectivity index (χ2v) is 6.50. The zero-order chi connectivity index (χ0) is 16.6. The van der Waals surface area contributed by atoms with Gasteiger partial charge in [-0.3, -0.25) is 0 Å². The Morgan fingerprint density at radius 3 is 2.48 bits per heavy atom. The Balaban J connectivity index is 2.12. The van der Waals surface area contributed by atoms with Gasteiger partial charge in [0.15, 0.2) is 0 Å². The number of anilines is 2. The number of hydrogen-bond donors (Lipinski definition) is 1. The first-order valence-corrected chi connectivity index (χ1v) is 7.80. The fraction of sp³-hybridized carbons (Fsp3) is 0.250. The molecule has 0 fully saturated rings. The average molecular weight is 340 g/mol. The van der Waals surface area contributed by atoms with Gasteiger partial charge in [-0.2, -0.15) is 0 Å². The van der Waals surface area contributed by atoms with Crippen molar-refractivity contribution < 1.29 is 18.3 Å². The highest BCUT2D eigenvalue weighted by molar-refractivity contribution is 7.97. The van der Waals surface area contributed by atoms with Crippen LogP contribution in [0.4, 0.5) is 24.5 Å². The first kappa shape index (κ1) is 16.0. The van der Waals surface area contributed by atoms with E-state index < -0.39 is 17.7 Å². The van der Waals surface area contributed by atoms with Crippen molar-refractivity contribution in [3.05, 3.63) is 47.8 Å². The van der Waals surface area contributed by atoms with Crippen LogP contribution in [0.3, 0.4) is 0 Å². The predicted molar refractivity (Wildman–Crippen MR) is 85.0 cm³/mol. The van der Waals surface area contributed by atoms with Gasteiger partial charge in [0.25, 0.3) is 6.43 Å². The minimum absolute atomic E-state index is 0.353. The lowest BCUT2D eigenvalue weighted by Gasteiger charge is -2.25. The van der Waals surface area contributed by atoms with Crippen molar-refractivity contribution in [1.29, 1.82) is 0 Å². The average Bonchev–Trinajstić information content (AvgIpc) is 2.65. The SMILES string of the molecule is CN1CCN(c2ccc(F)cc2)c2cc(C(F)F)c(O)cc2S1. The standard InChI is InChI=1S/C16H15F3N2OS/c1-20-6-7-21(11-4-2-10(17)3-5-11)13-8-12(16(18)19)14(22)9-15(13)23-20/h2-5,8-9,16,22H,6-7H2,1H3. The molecule has 1 aliphatic heterocycles. The maximum absolute atomic E-state index is 13.2. The maximum Gasteiger partial charge on any atom is 0.267 e. The van der Waals surface area contributed by atoms with Crippen molar-refractivity contribution in [2.45, 2.75) is 11.3 Å². The summed E-state index contributed by atoms with van der Waals surface area (Å²) in [5.41, 5.74) is 0.898. The Labute approximate surface area is 136 Å². The van der Waals surface area contributed by atoms with Crippen molar-refractivity contribution in [1.82, 2.24) is 4.31 Å². The molecule has 0 amide bonds. The molecular formula is C16H15F3N2OS. The molecule has 0 aliphatic carbocycles. The van der Waals surface area contributed by atoms with Crippen LogP contribution in [0.5, 0.6) is 5.75 Å². The van der Waals surface area contributed by atoms with Crippen LogP contribution in [0, 0.1) is 5.82 Å². The summed E-state index contributed by atoms with van der Waals surface area (Å²) < 4.78 is 41.3. The molecule has 0 saturated carbocycles. The van der Waals surface area contributed by atoms with Crippen LogP contribution in [-0.4, -0.2) is 29.5 Å². The minimum atomic E-state index is -2.76. The lowest BCUT2D eigenvalue weighted by molar-refractivity contribution is 0.147. The monoisotopic (exact) mass is 340 g/mol. The minimum Gasteiger partial charge on any atom is -0.507 e. The van der Waals surface area contributed by atoms with E-state index in [0.717, 1.165) is 5.69 Å². The van der Waals surface area contributed by atoms with Crippen LogP contribution < -0.4 is 4.90 Å². The first-order valence-electron chi connectivity index (χ1n) is 7.03. The van der Waals surface area contributed by atoms with Gasteiger partial charge in [0.05, 0.1) is 16.1 Å². The molecule has 3 rings (SSSR count). The number of rotatable bonds is 2. The van der Waals surface area contributed by atoms with Crippen molar-refractivity contribution >= 4 is 23.3 Å². The Morgan fingerprint density at radius 1 is 1.13 bits per heavy atom. The fourth-order valence-electron chi connectivity index (χ4n) is 2.50. The van der Waals surface area contributed by atoms with Crippen molar-refractivity contribution in [3.63, 3.8) is 0 Å². The predicted octanol–water partition coefficient (Wildman–Crippen LogP) is 4.56. The summed E-state index contributed by atoms with van der Waals surface area (Å²) in [5, 5.41) is 9.83. The highest BCUT2D eigenvalue weighted by Gasteiger charge is 2.24. The Bertz CT molecular complexity index is 709. The fourth-order valence-corrected chi connectivity index (χ4v) is 3.43. The van der Waals surface area contributed by atoms with E-state index in [1.54, 1.807) is 12.1 Å². The van der Waals surface area contributed by atoms with E-state index in [-0.39, 0.29) is 5.82 Å². The van der Waals surface area contributed by atoms with E-state index in [9.17, 15) is 18.3 Å². The molecule has 1 heterocycles. The van der Waals surface area contributed by atoms with Crippen LogP contribution in [-0.2, 0) is 0 Å².